The van der Waals surface area contributed by atoms with Crippen molar-refractivity contribution in [3.63, 3.8) is 0 Å². The molecule has 0 atom stereocenters. The number of hydrogen-bond acceptors (Lipinski definition) is 3. The monoisotopic (exact) mass is 354 g/mol. The molecular formula is C11H16BrFN2O3S. The molecule has 0 aromatic heterocycles. The van der Waals surface area contributed by atoms with E-state index < -0.39 is 16.0 Å². The van der Waals surface area contributed by atoms with E-state index >= 15 is 0 Å². The van der Waals surface area contributed by atoms with Crippen LogP contribution in [-0.4, -0.2) is 38.0 Å². The quantitative estimate of drug-likeness (QED) is 0.819. The van der Waals surface area contributed by atoms with Crippen molar-refractivity contribution >= 4 is 31.8 Å². The molecule has 0 aliphatic rings. The number of anilines is 1. The van der Waals surface area contributed by atoms with Crippen LogP contribution in [0.2, 0.25) is 0 Å². The van der Waals surface area contributed by atoms with Gasteiger partial charge in [0.05, 0.1) is 10.2 Å². The fourth-order valence-corrected chi connectivity index (χ4v) is 2.87. The van der Waals surface area contributed by atoms with Crippen LogP contribution in [-0.2, 0) is 10.2 Å². The number of halogens is 2. The Morgan fingerprint density at radius 1 is 1.47 bits per heavy atom. The van der Waals surface area contributed by atoms with E-state index in [-0.39, 0.29) is 23.3 Å². The van der Waals surface area contributed by atoms with Crippen molar-refractivity contribution < 1.29 is 17.9 Å². The lowest BCUT2D eigenvalue weighted by Crippen LogP contribution is -2.33. The third-order valence-corrected chi connectivity index (χ3v) is 4.64. The molecule has 2 N–H and O–H groups in total. The van der Waals surface area contributed by atoms with Crippen LogP contribution in [0, 0.1) is 12.7 Å². The average Bonchev–Trinajstić information content (AvgIpc) is 2.32. The second-order valence-electron chi connectivity index (χ2n) is 4.09. The van der Waals surface area contributed by atoms with Crippen molar-refractivity contribution in [2.75, 3.05) is 24.9 Å². The first-order valence-electron chi connectivity index (χ1n) is 5.58. The number of benzene rings is 1. The van der Waals surface area contributed by atoms with E-state index in [0.29, 0.717) is 12.0 Å². The normalized spacial score (nSPS) is 11.9. The fraction of sp³-hybridized carbons (Fsp3) is 0.455. The summed E-state index contributed by atoms with van der Waals surface area (Å²) in [7, 11) is -2.36. The zero-order chi connectivity index (χ0) is 14.6. The lowest BCUT2D eigenvalue weighted by Gasteiger charge is -2.19. The molecule has 0 bridgehead atoms. The molecule has 1 aromatic rings. The van der Waals surface area contributed by atoms with Crippen molar-refractivity contribution in [1.29, 1.82) is 0 Å². The number of aryl methyl sites for hydroxylation is 1. The fourth-order valence-electron chi connectivity index (χ4n) is 1.39. The predicted molar refractivity (Wildman–Crippen MR) is 75.7 cm³/mol. The zero-order valence-corrected chi connectivity index (χ0v) is 13.1. The minimum atomic E-state index is -3.75. The third kappa shape index (κ3) is 4.41. The predicted octanol–water partition coefficient (Wildman–Crippen LogP) is 1.87. The van der Waals surface area contributed by atoms with Gasteiger partial charge in [0, 0.05) is 20.2 Å². The lowest BCUT2D eigenvalue weighted by molar-refractivity contribution is 0.276. The molecule has 19 heavy (non-hydrogen) atoms. The molecule has 0 amide bonds. The van der Waals surface area contributed by atoms with Crippen molar-refractivity contribution in [3.05, 3.63) is 28.0 Å². The van der Waals surface area contributed by atoms with Gasteiger partial charge in [-0.2, -0.15) is 12.7 Å². The van der Waals surface area contributed by atoms with Crippen LogP contribution < -0.4 is 4.72 Å². The first-order valence-corrected chi connectivity index (χ1v) is 7.82. The molecule has 0 saturated heterocycles. The van der Waals surface area contributed by atoms with Gasteiger partial charge in [-0.25, -0.2) is 4.39 Å². The smallest absolute Gasteiger partial charge is 0.301 e. The SMILES string of the molecule is Cc1cc(Br)c(F)cc1NS(=O)(=O)N(C)CCCO. The van der Waals surface area contributed by atoms with Gasteiger partial charge >= 0.3 is 10.2 Å². The Morgan fingerprint density at radius 3 is 2.68 bits per heavy atom. The van der Waals surface area contributed by atoms with E-state index in [9.17, 15) is 12.8 Å². The maximum atomic E-state index is 13.4. The maximum absolute atomic E-state index is 13.4. The standard InChI is InChI=1S/C11H16BrFN2O3S/c1-8-6-9(12)10(13)7-11(8)14-19(17,18)15(2)4-3-5-16/h6-7,14,16H,3-5H2,1-2H3. The summed E-state index contributed by atoms with van der Waals surface area (Å²) in [6.07, 6.45) is 0.338. The first-order chi connectivity index (χ1) is 8.77. The first kappa shape index (κ1) is 16.4. The summed E-state index contributed by atoms with van der Waals surface area (Å²) in [6.45, 7) is 1.77. The van der Waals surface area contributed by atoms with Crippen molar-refractivity contribution in [2.24, 2.45) is 0 Å². The molecule has 0 unspecified atom stereocenters. The maximum Gasteiger partial charge on any atom is 0.301 e. The van der Waals surface area contributed by atoms with Crippen LogP contribution in [0.4, 0.5) is 10.1 Å². The van der Waals surface area contributed by atoms with Crippen molar-refractivity contribution in [1.82, 2.24) is 4.31 Å². The van der Waals surface area contributed by atoms with Crippen LogP contribution in [0.5, 0.6) is 0 Å². The van der Waals surface area contributed by atoms with E-state index in [1.54, 1.807) is 6.92 Å². The van der Waals surface area contributed by atoms with Gasteiger partial charge in [0.15, 0.2) is 0 Å². The molecule has 0 saturated carbocycles. The summed E-state index contributed by atoms with van der Waals surface area (Å²) < 4.78 is 41.0. The van der Waals surface area contributed by atoms with Gasteiger partial charge in [0.1, 0.15) is 5.82 Å². The second kappa shape index (κ2) is 6.65. The summed E-state index contributed by atoms with van der Waals surface area (Å²) in [5.74, 6) is -0.540. The highest BCUT2D eigenvalue weighted by Crippen LogP contribution is 2.25. The third-order valence-electron chi connectivity index (χ3n) is 2.55. The Morgan fingerprint density at radius 2 is 2.11 bits per heavy atom. The van der Waals surface area contributed by atoms with Gasteiger partial charge in [0.2, 0.25) is 0 Å². The van der Waals surface area contributed by atoms with E-state index in [1.165, 1.54) is 13.1 Å². The van der Waals surface area contributed by atoms with Crippen LogP contribution in [0.25, 0.3) is 0 Å². The number of aliphatic hydroxyl groups is 1. The topological polar surface area (TPSA) is 69.6 Å². The minimum Gasteiger partial charge on any atom is -0.396 e. The molecule has 0 aliphatic heterocycles. The molecule has 1 rings (SSSR count). The molecular weight excluding hydrogens is 339 g/mol. The molecule has 0 aliphatic carbocycles. The van der Waals surface area contributed by atoms with E-state index in [0.717, 1.165) is 10.4 Å². The van der Waals surface area contributed by atoms with E-state index in [1.807, 2.05) is 0 Å². The second-order valence-corrected chi connectivity index (χ2v) is 6.72. The number of nitrogens with one attached hydrogen (secondary N) is 1. The Kier molecular flexibility index (Phi) is 5.72. The van der Waals surface area contributed by atoms with E-state index in [4.69, 9.17) is 5.11 Å². The van der Waals surface area contributed by atoms with Crippen LogP contribution in [0.1, 0.15) is 12.0 Å². The number of nitrogens with zero attached hydrogens (tertiary/aromatic N) is 1. The van der Waals surface area contributed by atoms with Gasteiger partial charge < -0.3 is 5.11 Å². The Bertz CT molecular complexity index is 551. The number of aliphatic hydroxyl groups excluding tert-OH is 1. The largest absolute Gasteiger partial charge is 0.396 e. The van der Waals surface area contributed by atoms with Crippen molar-refractivity contribution in [3.8, 4) is 0 Å². The van der Waals surface area contributed by atoms with Gasteiger partial charge in [-0.3, -0.25) is 4.72 Å². The summed E-state index contributed by atoms with van der Waals surface area (Å²) >= 11 is 3.03. The molecule has 0 radical (unpaired) electrons. The highest BCUT2D eigenvalue weighted by molar-refractivity contribution is 9.10. The molecule has 0 heterocycles. The van der Waals surface area contributed by atoms with Crippen LogP contribution in [0.3, 0.4) is 0 Å². The molecule has 0 spiro atoms. The van der Waals surface area contributed by atoms with Crippen LogP contribution in [0.15, 0.2) is 16.6 Å². The molecule has 5 nitrogen and oxygen atoms in total. The summed E-state index contributed by atoms with van der Waals surface area (Å²) in [4.78, 5) is 0. The van der Waals surface area contributed by atoms with Gasteiger partial charge in [0.25, 0.3) is 0 Å². The molecule has 8 heteroatoms. The molecule has 1 aromatic carbocycles. The van der Waals surface area contributed by atoms with Crippen molar-refractivity contribution in [2.45, 2.75) is 13.3 Å². The highest BCUT2D eigenvalue weighted by atomic mass is 79.9. The highest BCUT2D eigenvalue weighted by Gasteiger charge is 2.18. The van der Waals surface area contributed by atoms with Gasteiger partial charge in [-0.1, -0.05) is 0 Å². The average molecular weight is 355 g/mol. The Balaban J connectivity index is 2.92. The Labute approximate surface area is 120 Å². The number of rotatable bonds is 6. The van der Waals surface area contributed by atoms with Gasteiger partial charge in [-0.15, -0.1) is 0 Å². The molecule has 0 fully saturated rings. The summed E-state index contributed by atoms with van der Waals surface area (Å²) in [5, 5.41) is 8.68. The Hall–Kier alpha value is -0.700. The van der Waals surface area contributed by atoms with Gasteiger partial charge in [-0.05, 0) is 47.0 Å². The van der Waals surface area contributed by atoms with Crippen LogP contribution >= 0.6 is 15.9 Å². The van der Waals surface area contributed by atoms with E-state index in [2.05, 4.69) is 20.7 Å². The molecule has 108 valence electrons. The minimum absolute atomic E-state index is 0.0915. The zero-order valence-electron chi connectivity index (χ0n) is 10.7. The number of hydrogen-bond donors (Lipinski definition) is 2. The lowest BCUT2D eigenvalue weighted by atomic mass is 10.2. The summed E-state index contributed by atoms with van der Waals surface area (Å²) in [6, 6.07) is 2.62. The summed E-state index contributed by atoms with van der Waals surface area (Å²) in [5.41, 5.74) is 0.795.